The van der Waals surface area contributed by atoms with Crippen molar-refractivity contribution in [2.45, 2.75) is 26.4 Å². The van der Waals surface area contributed by atoms with E-state index < -0.39 is 11.6 Å². The summed E-state index contributed by atoms with van der Waals surface area (Å²) in [5, 5.41) is 3.36. The molecule has 0 bridgehead atoms. The number of rotatable bonds is 4. The summed E-state index contributed by atoms with van der Waals surface area (Å²) in [7, 11) is 0. The smallest absolute Gasteiger partial charge is 0.153 e. The molecule has 0 N–H and O–H groups in total. The molecular formula is C11H12ClF2NO. The predicted octanol–water partition coefficient (Wildman–Crippen LogP) is 3.77. The first-order valence-corrected chi connectivity index (χ1v) is 5.26. The average molecular weight is 248 g/mol. The zero-order chi connectivity index (χ0) is 12.1. The molecule has 0 fully saturated rings. The van der Waals surface area contributed by atoms with Crippen LogP contribution in [-0.2, 0) is 4.84 Å². The molecule has 0 spiro atoms. The van der Waals surface area contributed by atoms with Crippen molar-refractivity contribution >= 4 is 17.8 Å². The zero-order valence-electron chi connectivity index (χ0n) is 9.01. The molecule has 5 heteroatoms. The summed E-state index contributed by atoms with van der Waals surface area (Å²) in [6, 6.07) is 2.23. The van der Waals surface area contributed by atoms with Crippen LogP contribution in [0.15, 0.2) is 17.3 Å². The molecule has 0 aromatic heterocycles. The van der Waals surface area contributed by atoms with Gasteiger partial charge in [-0.1, -0.05) is 23.7 Å². The van der Waals surface area contributed by atoms with Gasteiger partial charge in [0, 0.05) is 0 Å². The SMILES string of the molecule is CCC(C)O/N=C/c1c(F)ccc(Cl)c1F. The van der Waals surface area contributed by atoms with Crippen LogP contribution in [0.4, 0.5) is 8.78 Å². The Balaban J connectivity index is 2.84. The van der Waals surface area contributed by atoms with Gasteiger partial charge in [0.05, 0.1) is 16.8 Å². The molecule has 0 amide bonds. The Bertz CT molecular complexity index is 396. The largest absolute Gasteiger partial charge is 0.393 e. The van der Waals surface area contributed by atoms with Crippen LogP contribution < -0.4 is 0 Å². The van der Waals surface area contributed by atoms with Crippen LogP contribution in [0.2, 0.25) is 5.02 Å². The van der Waals surface area contributed by atoms with Crippen molar-refractivity contribution < 1.29 is 13.6 Å². The van der Waals surface area contributed by atoms with Crippen LogP contribution in [0, 0.1) is 11.6 Å². The lowest BCUT2D eigenvalue weighted by atomic mass is 10.2. The molecule has 0 saturated carbocycles. The second-order valence-electron chi connectivity index (χ2n) is 3.32. The molecule has 0 aliphatic heterocycles. The monoisotopic (exact) mass is 247 g/mol. The van der Waals surface area contributed by atoms with Gasteiger partial charge in [0.2, 0.25) is 0 Å². The van der Waals surface area contributed by atoms with Crippen LogP contribution in [0.5, 0.6) is 0 Å². The number of nitrogens with zero attached hydrogens (tertiary/aromatic N) is 1. The molecule has 1 atom stereocenters. The van der Waals surface area contributed by atoms with Crippen molar-refractivity contribution in [3.05, 3.63) is 34.4 Å². The molecule has 16 heavy (non-hydrogen) atoms. The summed E-state index contributed by atoms with van der Waals surface area (Å²) in [6.07, 6.45) is 1.65. The lowest BCUT2D eigenvalue weighted by molar-refractivity contribution is 0.0711. The van der Waals surface area contributed by atoms with E-state index in [4.69, 9.17) is 16.4 Å². The number of benzene rings is 1. The van der Waals surface area contributed by atoms with Crippen molar-refractivity contribution in [1.82, 2.24) is 0 Å². The third-order valence-corrected chi connectivity index (χ3v) is 2.37. The summed E-state index contributed by atoms with van der Waals surface area (Å²) in [6.45, 7) is 3.72. The maximum absolute atomic E-state index is 13.4. The first-order chi connectivity index (χ1) is 7.56. The van der Waals surface area contributed by atoms with Gasteiger partial charge in [-0.15, -0.1) is 0 Å². The number of halogens is 3. The molecule has 0 aliphatic rings. The summed E-state index contributed by atoms with van der Waals surface area (Å²) in [5.41, 5.74) is -0.296. The topological polar surface area (TPSA) is 21.6 Å². The Kier molecular flexibility index (Phi) is 4.68. The van der Waals surface area contributed by atoms with E-state index in [1.54, 1.807) is 0 Å². The van der Waals surface area contributed by atoms with E-state index in [0.717, 1.165) is 24.8 Å². The fourth-order valence-corrected chi connectivity index (χ4v) is 1.09. The zero-order valence-corrected chi connectivity index (χ0v) is 9.76. The second kappa shape index (κ2) is 5.80. The van der Waals surface area contributed by atoms with Crippen LogP contribution in [0.1, 0.15) is 25.8 Å². The van der Waals surface area contributed by atoms with Gasteiger partial charge in [-0.2, -0.15) is 0 Å². The standard InChI is InChI=1S/C11H12ClF2NO/c1-3-7(2)16-15-6-8-10(13)5-4-9(12)11(8)14/h4-7H,3H2,1-2H3/b15-6+. The van der Waals surface area contributed by atoms with Crippen LogP contribution in [-0.4, -0.2) is 12.3 Å². The summed E-state index contributed by atoms with van der Waals surface area (Å²) in [5.74, 6) is -1.56. The van der Waals surface area contributed by atoms with Crippen LogP contribution >= 0.6 is 11.6 Å². The minimum atomic E-state index is -0.835. The maximum atomic E-state index is 13.4. The molecular weight excluding hydrogens is 236 g/mol. The Morgan fingerprint density at radius 2 is 2.19 bits per heavy atom. The van der Waals surface area contributed by atoms with E-state index >= 15 is 0 Å². The minimum absolute atomic E-state index is 0.0958. The first-order valence-electron chi connectivity index (χ1n) is 4.89. The number of hydrogen-bond acceptors (Lipinski definition) is 2. The number of oxime groups is 1. The Hall–Kier alpha value is -1.16. The van der Waals surface area contributed by atoms with Crippen molar-refractivity contribution in [3.63, 3.8) is 0 Å². The van der Waals surface area contributed by atoms with Crippen molar-refractivity contribution in [2.75, 3.05) is 0 Å². The second-order valence-corrected chi connectivity index (χ2v) is 3.72. The van der Waals surface area contributed by atoms with E-state index in [2.05, 4.69) is 5.16 Å². The first kappa shape index (κ1) is 12.9. The van der Waals surface area contributed by atoms with E-state index in [1.807, 2.05) is 13.8 Å². The molecule has 1 rings (SSSR count). The Morgan fingerprint density at radius 1 is 1.50 bits per heavy atom. The molecule has 1 aromatic carbocycles. The summed E-state index contributed by atoms with van der Waals surface area (Å²) < 4.78 is 26.5. The van der Waals surface area contributed by atoms with Gasteiger partial charge in [0.15, 0.2) is 5.82 Å². The highest BCUT2D eigenvalue weighted by atomic mass is 35.5. The third-order valence-electron chi connectivity index (χ3n) is 2.08. The van der Waals surface area contributed by atoms with Gasteiger partial charge in [0.1, 0.15) is 11.9 Å². The van der Waals surface area contributed by atoms with Gasteiger partial charge in [-0.05, 0) is 25.5 Å². The fraction of sp³-hybridized carbons (Fsp3) is 0.364. The normalized spacial score (nSPS) is 13.1. The van der Waals surface area contributed by atoms with Gasteiger partial charge < -0.3 is 4.84 Å². The summed E-state index contributed by atoms with van der Waals surface area (Å²) in [4.78, 5) is 4.94. The van der Waals surface area contributed by atoms with Gasteiger partial charge in [0.25, 0.3) is 0 Å². The van der Waals surface area contributed by atoms with E-state index in [-0.39, 0.29) is 16.7 Å². The third kappa shape index (κ3) is 3.17. The van der Waals surface area contributed by atoms with Crippen molar-refractivity contribution in [1.29, 1.82) is 0 Å². The molecule has 0 saturated heterocycles. The summed E-state index contributed by atoms with van der Waals surface area (Å²) >= 11 is 5.51. The molecule has 88 valence electrons. The quantitative estimate of drug-likeness (QED) is 0.451. The molecule has 1 unspecified atom stereocenters. The molecule has 0 aliphatic carbocycles. The number of hydrogen-bond donors (Lipinski definition) is 0. The molecule has 2 nitrogen and oxygen atoms in total. The van der Waals surface area contributed by atoms with Crippen molar-refractivity contribution in [3.8, 4) is 0 Å². The van der Waals surface area contributed by atoms with E-state index in [9.17, 15) is 8.78 Å². The van der Waals surface area contributed by atoms with Crippen molar-refractivity contribution in [2.24, 2.45) is 5.16 Å². The van der Waals surface area contributed by atoms with E-state index in [0.29, 0.717) is 0 Å². The fourth-order valence-electron chi connectivity index (χ4n) is 0.923. The highest BCUT2D eigenvalue weighted by molar-refractivity contribution is 6.31. The average Bonchev–Trinajstić information content (AvgIpc) is 2.28. The lowest BCUT2D eigenvalue weighted by Crippen LogP contribution is -2.02. The van der Waals surface area contributed by atoms with Crippen LogP contribution in [0.3, 0.4) is 0 Å². The van der Waals surface area contributed by atoms with Gasteiger partial charge in [-0.3, -0.25) is 0 Å². The predicted molar refractivity (Wildman–Crippen MR) is 59.8 cm³/mol. The molecule has 0 heterocycles. The highest BCUT2D eigenvalue weighted by Gasteiger charge is 2.10. The molecule has 0 radical (unpaired) electrons. The minimum Gasteiger partial charge on any atom is -0.393 e. The van der Waals surface area contributed by atoms with E-state index in [1.165, 1.54) is 0 Å². The Labute approximate surface area is 97.9 Å². The maximum Gasteiger partial charge on any atom is 0.153 e. The lowest BCUT2D eigenvalue weighted by Gasteiger charge is -2.05. The molecule has 1 aromatic rings. The Morgan fingerprint density at radius 3 is 2.81 bits per heavy atom. The van der Waals surface area contributed by atoms with Crippen LogP contribution in [0.25, 0.3) is 0 Å². The highest BCUT2D eigenvalue weighted by Crippen LogP contribution is 2.19. The van der Waals surface area contributed by atoms with Gasteiger partial charge in [-0.25, -0.2) is 8.78 Å². The van der Waals surface area contributed by atoms with Gasteiger partial charge >= 0.3 is 0 Å².